The average molecular weight is 393 g/mol. The highest BCUT2D eigenvalue weighted by atomic mass is 32.1. The van der Waals surface area contributed by atoms with E-state index in [9.17, 15) is 4.79 Å². The van der Waals surface area contributed by atoms with Gasteiger partial charge in [-0.2, -0.15) is 10.1 Å². The molecule has 1 N–H and O–H groups in total. The van der Waals surface area contributed by atoms with Crippen LogP contribution < -0.4 is 5.32 Å². The summed E-state index contributed by atoms with van der Waals surface area (Å²) in [5.41, 5.74) is 2.29. The number of benzene rings is 1. The van der Waals surface area contributed by atoms with Crippen molar-refractivity contribution in [3.8, 4) is 10.6 Å². The van der Waals surface area contributed by atoms with Crippen molar-refractivity contribution in [3.63, 3.8) is 0 Å². The molecule has 0 spiro atoms. The Morgan fingerprint density at radius 1 is 1.25 bits per heavy atom. The van der Waals surface area contributed by atoms with Crippen LogP contribution in [0.15, 0.2) is 58.6 Å². The van der Waals surface area contributed by atoms with Gasteiger partial charge in [0, 0.05) is 6.20 Å². The fourth-order valence-electron chi connectivity index (χ4n) is 2.86. The van der Waals surface area contributed by atoms with Gasteiger partial charge in [-0.25, -0.2) is 0 Å². The second kappa shape index (κ2) is 7.77. The molecular weight excluding hydrogens is 374 g/mol. The molecule has 142 valence electrons. The van der Waals surface area contributed by atoms with Crippen LogP contribution in [-0.4, -0.2) is 25.8 Å². The van der Waals surface area contributed by atoms with Crippen molar-refractivity contribution < 1.29 is 9.32 Å². The van der Waals surface area contributed by atoms with Crippen molar-refractivity contribution in [2.75, 3.05) is 0 Å². The molecule has 0 aliphatic rings. The molecule has 28 heavy (non-hydrogen) atoms. The smallest absolute Gasteiger partial charge is 0.255 e. The highest BCUT2D eigenvalue weighted by molar-refractivity contribution is 7.13. The predicted octanol–water partition coefficient (Wildman–Crippen LogP) is 3.84. The first-order valence-corrected chi connectivity index (χ1v) is 9.74. The molecule has 3 heterocycles. The van der Waals surface area contributed by atoms with E-state index in [1.807, 2.05) is 54.8 Å². The van der Waals surface area contributed by atoms with Gasteiger partial charge in [0.15, 0.2) is 5.82 Å². The quantitative estimate of drug-likeness (QED) is 0.538. The number of carbonyl (C=O) groups is 1. The number of aryl methyl sites for hydroxylation is 1. The summed E-state index contributed by atoms with van der Waals surface area (Å²) in [6, 6.07) is 13.5. The van der Waals surface area contributed by atoms with Gasteiger partial charge in [0.1, 0.15) is 11.7 Å². The summed E-state index contributed by atoms with van der Waals surface area (Å²) < 4.78 is 6.95. The van der Waals surface area contributed by atoms with Crippen molar-refractivity contribution in [1.82, 2.24) is 25.2 Å². The molecule has 1 amide bonds. The number of rotatable bonds is 6. The second-order valence-corrected chi connectivity index (χ2v) is 7.37. The number of hydrogen-bond acceptors (Lipinski definition) is 6. The Labute approximate surface area is 166 Å². The van der Waals surface area contributed by atoms with E-state index in [0.717, 1.165) is 10.4 Å². The summed E-state index contributed by atoms with van der Waals surface area (Å²) in [4.78, 5) is 18.1. The zero-order chi connectivity index (χ0) is 19.5. The molecule has 1 aromatic carbocycles. The molecule has 0 fully saturated rings. The summed E-state index contributed by atoms with van der Waals surface area (Å²) in [7, 11) is 0. The van der Waals surface area contributed by atoms with Gasteiger partial charge >= 0.3 is 0 Å². The lowest BCUT2D eigenvalue weighted by molar-refractivity contribution is 0.0933. The number of carbonyl (C=O) groups excluding carboxylic acids is 1. The summed E-state index contributed by atoms with van der Waals surface area (Å²) in [5.74, 6) is 0.678. The van der Waals surface area contributed by atoms with Crippen LogP contribution in [0.5, 0.6) is 0 Å². The number of hydrogen-bond donors (Lipinski definition) is 1. The summed E-state index contributed by atoms with van der Waals surface area (Å²) in [6.45, 7) is 4.14. The van der Waals surface area contributed by atoms with Crippen LogP contribution >= 0.6 is 11.3 Å². The Balaban J connectivity index is 1.61. The van der Waals surface area contributed by atoms with Crippen LogP contribution in [0.2, 0.25) is 0 Å². The van der Waals surface area contributed by atoms with Gasteiger partial charge in [-0.15, -0.1) is 11.3 Å². The minimum absolute atomic E-state index is 0.230. The molecule has 1 unspecified atom stereocenters. The van der Waals surface area contributed by atoms with E-state index >= 15 is 0 Å². The molecule has 0 aliphatic heterocycles. The van der Waals surface area contributed by atoms with E-state index < -0.39 is 6.04 Å². The second-order valence-electron chi connectivity index (χ2n) is 6.43. The molecule has 0 saturated carbocycles. The van der Waals surface area contributed by atoms with Crippen LogP contribution in [0.3, 0.4) is 0 Å². The lowest BCUT2D eigenvalue weighted by atomic mass is 10.2. The Morgan fingerprint density at radius 2 is 2.07 bits per heavy atom. The molecule has 0 saturated heterocycles. The third-order valence-electron chi connectivity index (χ3n) is 4.21. The lowest BCUT2D eigenvalue weighted by Crippen LogP contribution is -2.27. The van der Waals surface area contributed by atoms with Gasteiger partial charge < -0.3 is 9.84 Å². The third-order valence-corrected chi connectivity index (χ3v) is 5.09. The minimum atomic E-state index is -0.401. The topological polar surface area (TPSA) is 85.8 Å². The van der Waals surface area contributed by atoms with Crippen LogP contribution in [0.25, 0.3) is 10.6 Å². The van der Waals surface area contributed by atoms with Gasteiger partial charge in [-0.1, -0.05) is 41.6 Å². The Morgan fingerprint density at radius 3 is 2.75 bits per heavy atom. The van der Waals surface area contributed by atoms with Crippen molar-refractivity contribution in [2.45, 2.75) is 26.4 Å². The number of thiophene rings is 1. The maximum Gasteiger partial charge on any atom is 0.255 e. The van der Waals surface area contributed by atoms with E-state index in [4.69, 9.17) is 4.52 Å². The molecule has 1 atom stereocenters. The zero-order valence-electron chi connectivity index (χ0n) is 15.5. The third kappa shape index (κ3) is 3.86. The molecule has 4 aromatic rings. The average Bonchev–Trinajstić information content (AvgIpc) is 3.42. The first kappa shape index (κ1) is 18.1. The maximum atomic E-state index is 13.0. The molecule has 0 aliphatic carbocycles. The SMILES string of the molecule is Cc1noc(C(C)NC(=O)c2cn(Cc3ccccc3)nc2-c2cccs2)n1. The normalized spacial score (nSPS) is 12.1. The highest BCUT2D eigenvalue weighted by Gasteiger charge is 2.22. The number of nitrogens with zero attached hydrogens (tertiary/aromatic N) is 4. The van der Waals surface area contributed by atoms with Gasteiger partial charge in [-0.3, -0.25) is 9.48 Å². The monoisotopic (exact) mass is 393 g/mol. The molecule has 3 aromatic heterocycles. The summed E-state index contributed by atoms with van der Waals surface area (Å²) >= 11 is 1.55. The Bertz CT molecular complexity index is 1070. The number of nitrogens with one attached hydrogen (secondary N) is 1. The van der Waals surface area contributed by atoms with Crippen LogP contribution in [0, 0.1) is 6.92 Å². The summed E-state index contributed by atoms with van der Waals surface area (Å²) in [6.07, 6.45) is 1.78. The van der Waals surface area contributed by atoms with Crippen molar-refractivity contribution >= 4 is 17.2 Å². The summed E-state index contributed by atoms with van der Waals surface area (Å²) in [5, 5.41) is 13.3. The van der Waals surface area contributed by atoms with Crippen LogP contribution in [0.4, 0.5) is 0 Å². The van der Waals surface area contributed by atoms with Gasteiger partial charge in [0.2, 0.25) is 5.89 Å². The largest absolute Gasteiger partial charge is 0.340 e. The standard InChI is InChI=1S/C20H19N5O2S/c1-13(20-22-14(2)24-27-20)21-19(26)16-12-25(11-15-7-4-3-5-8-15)23-18(16)17-9-6-10-28-17/h3-10,12-13H,11H2,1-2H3,(H,21,26). The molecule has 0 bridgehead atoms. The maximum absolute atomic E-state index is 13.0. The molecule has 0 radical (unpaired) electrons. The minimum Gasteiger partial charge on any atom is -0.340 e. The van der Waals surface area contributed by atoms with Crippen molar-refractivity contribution in [3.05, 3.63) is 76.9 Å². The highest BCUT2D eigenvalue weighted by Crippen LogP contribution is 2.27. The Kier molecular flexibility index (Phi) is 5.03. The van der Waals surface area contributed by atoms with Gasteiger partial charge in [0.25, 0.3) is 5.91 Å². The fraction of sp³-hybridized carbons (Fsp3) is 0.200. The van der Waals surface area contributed by atoms with Gasteiger partial charge in [0.05, 0.1) is 17.0 Å². The Hall–Kier alpha value is -3.26. The predicted molar refractivity (Wildman–Crippen MR) is 106 cm³/mol. The van der Waals surface area contributed by atoms with Crippen LogP contribution in [0.1, 0.15) is 40.6 Å². The number of amides is 1. The molecular formula is C20H19N5O2S. The van der Waals surface area contributed by atoms with Crippen LogP contribution in [-0.2, 0) is 6.54 Å². The molecule has 8 heteroatoms. The first-order valence-electron chi connectivity index (χ1n) is 8.86. The molecule has 4 rings (SSSR count). The van der Waals surface area contributed by atoms with Crippen molar-refractivity contribution in [1.29, 1.82) is 0 Å². The first-order chi connectivity index (χ1) is 13.6. The lowest BCUT2D eigenvalue weighted by Gasteiger charge is -2.09. The van der Waals surface area contributed by atoms with E-state index in [1.54, 1.807) is 29.1 Å². The van der Waals surface area contributed by atoms with E-state index in [1.165, 1.54) is 0 Å². The zero-order valence-corrected chi connectivity index (χ0v) is 16.3. The van der Waals surface area contributed by atoms with E-state index in [0.29, 0.717) is 29.5 Å². The van der Waals surface area contributed by atoms with E-state index in [2.05, 4.69) is 20.6 Å². The van der Waals surface area contributed by atoms with Gasteiger partial charge in [-0.05, 0) is 30.9 Å². The van der Waals surface area contributed by atoms with E-state index in [-0.39, 0.29) is 5.91 Å². The number of aromatic nitrogens is 4. The van der Waals surface area contributed by atoms with Crippen molar-refractivity contribution in [2.24, 2.45) is 0 Å². The molecule has 7 nitrogen and oxygen atoms in total. The fourth-order valence-corrected chi connectivity index (χ4v) is 3.58.